The lowest BCUT2D eigenvalue weighted by molar-refractivity contribution is 0.514. The van der Waals surface area contributed by atoms with Gasteiger partial charge >= 0.3 is 0 Å². The monoisotopic (exact) mass is 287 g/mol. The maximum atomic E-state index is 13.0. The smallest absolute Gasteiger partial charge is 0.262 e. The van der Waals surface area contributed by atoms with Gasteiger partial charge in [-0.1, -0.05) is 13.8 Å². The van der Waals surface area contributed by atoms with Crippen LogP contribution in [0, 0.1) is 17.1 Å². The molecule has 3 N–H and O–H groups in total. The molecule has 0 aliphatic carbocycles. The molecule has 0 amide bonds. The zero-order valence-electron chi connectivity index (χ0n) is 12.1. The summed E-state index contributed by atoms with van der Waals surface area (Å²) in [5, 5.41) is 7.47. The summed E-state index contributed by atoms with van der Waals surface area (Å²) in [6.07, 6.45) is 0. The van der Waals surface area contributed by atoms with Crippen molar-refractivity contribution in [1.29, 1.82) is 5.41 Å². The summed E-state index contributed by atoms with van der Waals surface area (Å²) < 4.78 is 14.6. The molecule has 0 saturated heterocycles. The molecule has 1 heterocycles. The van der Waals surface area contributed by atoms with Crippen molar-refractivity contribution in [1.82, 2.24) is 4.57 Å². The lowest BCUT2D eigenvalue weighted by atomic mass is 10.1. The third-order valence-corrected chi connectivity index (χ3v) is 3.15. The van der Waals surface area contributed by atoms with E-state index < -0.39 is 0 Å². The summed E-state index contributed by atoms with van der Waals surface area (Å²) >= 11 is 0. The molecule has 0 aliphatic rings. The maximum Gasteiger partial charge on any atom is 0.262 e. The Balaban J connectivity index is 2.65. The molecule has 5 heteroatoms. The van der Waals surface area contributed by atoms with Crippen molar-refractivity contribution in [3.63, 3.8) is 0 Å². The van der Waals surface area contributed by atoms with Gasteiger partial charge in [0.25, 0.3) is 5.56 Å². The van der Waals surface area contributed by atoms with Gasteiger partial charge < -0.3 is 10.3 Å². The van der Waals surface area contributed by atoms with Gasteiger partial charge in [-0.05, 0) is 47.9 Å². The molecule has 0 atom stereocenters. The number of halogens is 1. The number of rotatable bonds is 4. The fourth-order valence-electron chi connectivity index (χ4n) is 2.20. The number of hydrogen-bond donors (Lipinski definition) is 2. The standard InChI is InChI=1S/C16H18FN3O/c1-10(2)9-20-14(11-3-5-12(17)6-4-11)8-7-13(15(18)19)16(20)21/h3-8,10H,9H2,1-2H3,(H3,18,19). The van der Waals surface area contributed by atoms with E-state index in [0.29, 0.717) is 12.2 Å². The normalized spacial score (nSPS) is 10.9. The highest BCUT2D eigenvalue weighted by Crippen LogP contribution is 2.20. The van der Waals surface area contributed by atoms with Crippen LogP contribution in [-0.4, -0.2) is 10.4 Å². The number of benzene rings is 1. The molecular formula is C16H18FN3O. The molecule has 0 saturated carbocycles. The van der Waals surface area contributed by atoms with Crippen LogP contribution in [0.1, 0.15) is 19.4 Å². The summed E-state index contributed by atoms with van der Waals surface area (Å²) in [5.74, 6) is -0.316. The fourth-order valence-corrected chi connectivity index (χ4v) is 2.20. The Bertz CT molecular complexity index is 717. The van der Waals surface area contributed by atoms with Crippen molar-refractivity contribution < 1.29 is 4.39 Å². The molecule has 4 nitrogen and oxygen atoms in total. The lowest BCUT2D eigenvalue weighted by Crippen LogP contribution is -2.31. The third kappa shape index (κ3) is 3.18. The minimum absolute atomic E-state index is 0.182. The van der Waals surface area contributed by atoms with E-state index in [-0.39, 0.29) is 28.7 Å². The zero-order valence-corrected chi connectivity index (χ0v) is 12.1. The number of nitrogens with zero attached hydrogens (tertiary/aromatic N) is 1. The molecule has 0 radical (unpaired) electrons. The summed E-state index contributed by atoms with van der Waals surface area (Å²) in [6, 6.07) is 9.27. The Morgan fingerprint density at radius 2 is 1.86 bits per heavy atom. The summed E-state index contributed by atoms with van der Waals surface area (Å²) in [5.41, 5.74) is 6.78. The molecule has 2 aromatic rings. The van der Waals surface area contributed by atoms with Gasteiger partial charge in [-0.15, -0.1) is 0 Å². The van der Waals surface area contributed by atoms with E-state index in [1.807, 2.05) is 13.8 Å². The number of amidine groups is 1. The average molecular weight is 287 g/mol. The predicted octanol–water partition coefficient (Wildman–Crippen LogP) is 2.59. The minimum Gasteiger partial charge on any atom is -0.384 e. The Kier molecular flexibility index (Phi) is 4.21. The van der Waals surface area contributed by atoms with E-state index in [1.54, 1.807) is 28.8 Å². The Labute approximate surface area is 122 Å². The molecule has 1 aromatic carbocycles. The van der Waals surface area contributed by atoms with Gasteiger partial charge in [-0.25, -0.2) is 4.39 Å². The molecule has 0 fully saturated rings. The van der Waals surface area contributed by atoms with Gasteiger partial charge in [0, 0.05) is 6.54 Å². The SMILES string of the molecule is CC(C)Cn1c(-c2ccc(F)cc2)ccc(C(=N)N)c1=O. The number of nitrogens with one attached hydrogen (secondary N) is 1. The molecule has 0 aliphatic heterocycles. The predicted molar refractivity (Wildman–Crippen MR) is 82.0 cm³/mol. The van der Waals surface area contributed by atoms with Gasteiger partial charge in [-0.3, -0.25) is 10.2 Å². The topological polar surface area (TPSA) is 71.9 Å². The molecule has 21 heavy (non-hydrogen) atoms. The summed E-state index contributed by atoms with van der Waals surface area (Å²) in [7, 11) is 0. The number of nitrogen functional groups attached to an aromatic ring is 1. The first-order valence-corrected chi connectivity index (χ1v) is 6.74. The van der Waals surface area contributed by atoms with Crippen molar-refractivity contribution in [2.45, 2.75) is 20.4 Å². The van der Waals surface area contributed by atoms with E-state index in [1.165, 1.54) is 12.1 Å². The molecule has 1 aromatic heterocycles. The Morgan fingerprint density at radius 1 is 1.24 bits per heavy atom. The van der Waals surface area contributed by atoms with Crippen LogP contribution in [0.4, 0.5) is 4.39 Å². The molecular weight excluding hydrogens is 269 g/mol. The van der Waals surface area contributed by atoms with Crippen LogP contribution in [-0.2, 0) is 6.54 Å². The van der Waals surface area contributed by atoms with Crippen LogP contribution in [0.3, 0.4) is 0 Å². The van der Waals surface area contributed by atoms with E-state index in [9.17, 15) is 9.18 Å². The molecule has 2 rings (SSSR count). The minimum atomic E-state index is -0.322. The quantitative estimate of drug-likeness (QED) is 0.670. The van der Waals surface area contributed by atoms with E-state index in [0.717, 1.165) is 5.56 Å². The van der Waals surface area contributed by atoms with Crippen LogP contribution >= 0.6 is 0 Å². The van der Waals surface area contributed by atoms with Gasteiger partial charge in [0.2, 0.25) is 0 Å². The average Bonchev–Trinajstić information content (AvgIpc) is 2.41. The van der Waals surface area contributed by atoms with Gasteiger partial charge in [0.1, 0.15) is 11.7 Å². The number of aromatic nitrogens is 1. The highest BCUT2D eigenvalue weighted by Gasteiger charge is 2.13. The first-order chi connectivity index (χ1) is 9.90. The second-order valence-corrected chi connectivity index (χ2v) is 5.36. The Hall–Kier alpha value is -2.43. The van der Waals surface area contributed by atoms with Crippen LogP contribution in [0.2, 0.25) is 0 Å². The zero-order chi connectivity index (χ0) is 15.6. The second kappa shape index (κ2) is 5.91. The first-order valence-electron chi connectivity index (χ1n) is 6.74. The van der Waals surface area contributed by atoms with Gasteiger partial charge in [0.05, 0.1) is 11.3 Å². The van der Waals surface area contributed by atoms with Crippen molar-refractivity contribution in [3.05, 3.63) is 58.1 Å². The van der Waals surface area contributed by atoms with Gasteiger partial charge in [0.15, 0.2) is 0 Å². The molecule has 0 spiro atoms. The highest BCUT2D eigenvalue weighted by atomic mass is 19.1. The van der Waals surface area contributed by atoms with Gasteiger partial charge in [-0.2, -0.15) is 0 Å². The van der Waals surface area contributed by atoms with Crippen molar-refractivity contribution in [3.8, 4) is 11.3 Å². The second-order valence-electron chi connectivity index (χ2n) is 5.36. The lowest BCUT2D eigenvalue weighted by Gasteiger charge is -2.16. The molecule has 0 bridgehead atoms. The molecule has 110 valence electrons. The van der Waals surface area contributed by atoms with E-state index in [2.05, 4.69) is 0 Å². The highest BCUT2D eigenvalue weighted by molar-refractivity contribution is 5.94. The van der Waals surface area contributed by atoms with Crippen LogP contribution < -0.4 is 11.3 Å². The van der Waals surface area contributed by atoms with Crippen LogP contribution in [0.25, 0.3) is 11.3 Å². The molecule has 0 unspecified atom stereocenters. The number of hydrogen-bond acceptors (Lipinski definition) is 2. The largest absolute Gasteiger partial charge is 0.384 e. The van der Waals surface area contributed by atoms with Crippen LogP contribution in [0.15, 0.2) is 41.2 Å². The fraction of sp³-hybridized carbons (Fsp3) is 0.250. The van der Waals surface area contributed by atoms with E-state index >= 15 is 0 Å². The third-order valence-electron chi connectivity index (χ3n) is 3.15. The van der Waals surface area contributed by atoms with E-state index in [4.69, 9.17) is 11.1 Å². The van der Waals surface area contributed by atoms with Crippen molar-refractivity contribution in [2.24, 2.45) is 11.7 Å². The van der Waals surface area contributed by atoms with Crippen LogP contribution in [0.5, 0.6) is 0 Å². The summed E-state index contributed by atoms with van der Waals surface area (Å²) in [6.45, 7) is 4.51. The number of nitrogens with two attached hydrogens (primary N) is 1. The first kappa shape index (κ1) is 15.0. The van der Waals surface area contributed by atoms with Crippen molar-refractivity contribution in [2.75, 3.05) is 0 Å². The summed E-state index contributed by atoms with van der Waals surface area (Å²) in [4.78, 5) is 12.5. The maximum absolute atomic E-state index is 13.0. The Morgan fingerprint density at radius 3 is 2.38 bits per heavy atom. The number of pyridine rings is 1. The van der Waals surface area contributed by atoms with Crippen molar-refractivity contribution >= 4 is 5.84 Å².